The van der Waals surface area contributed by atoms with Crippen molar-refractivity contribution in [3.8, 4) is 0 Å². The average molecular weight is 266 g/mol. The van der Waals surface area contributed by atoms with Gasteiger partial charge in [-0.2, -0.15) is 0 Å². The van der Waals surface area contributed by atoms with Gasteiger partial charge in [0, 0.05) is 31.4 Å². The smallest absolute Gasteiger partial charge is 0.303 e. The third-order valence-electron chi connectivity index (χ3n) is 2.67. The van der Waals surface area contributed by atoms with Crippen LogP contribution < -0.4 is 10.7 Å². The topological polar surface area (TPSA) is 99.3 Å². The number of hydrogen-bond donors (Lipinski definition) is 3. The van der Waals surface area contributed by atoms with Gasteiger partial charge in [0.2, 0.25) is 0 Å². The van der Waals surface area contributed by atoms with Crippen LogP contribution in [0.4, 0.5) is 0 Å². The Morgan fingerprint density at radius 1 is 1.21 bits per heavy atom. The Bertz CT molecular complexity index is 482. The van der Waals surface area contributed by atoms with E-state index in [-0.39, 0.29) is 23.3 Å². The second-order valence-electron chi connectivity index (χ2n) is 4.24. The third kappa shape index (κ3) is 5.85. The standard InChI is InChI=1S/C13H18N2O4/c16-11-6-8-14-9-10(11)13(19)15-7-4-2-1-3-5-12(17)18/h6,8-9H,1-5,7H2,(H,14,16)(H,15,19)(H,17,18). The summed E-state index contributed by atoms with van der Waals surface area (Å²) in [7, 11) is 0. The van der Waals surface area contributed by atoms with Gasteiger partial charge >= 0.3 is 5.97 Å². The highest BCUT2D eigenvalue weighted by molar-refractivity contribution is 5.93. The fourth-order valence-corrected chi connectivity index (χ4v) is 1.65. The van der Waals surface area contributed by atoms with Crippen LogP contribution in [0.15, 0.2) is 23.3 Å². The van der Waals surface area contributed by atoms with Gasteiger partial charge in [-0.3, -0.25) is 14.4 Å². The van der Waals surface area contributed by atoms with Crippen molar-refractivity contribution in [1.82, 2.24) is 10.3 Å². The van der Waals surface area contributed by atoms with Crippen LogP contribution in [0.1, 0.15) is 42.5 Å². The molecule has 1 aromatic heterocycles. The van der Waals surface area contributed by atoms with E-state index in [9.17, 15) is 14.4 Å². The Kier molecular flexibility index (Phi) is 6.35. The first kappa shape index (κ1) is 14.9. The van der Waals surface area contributed by atoms with Gasteiger partial charge in [0.05, 0.1) is 0 Å². The number of aliphatic carboxylic acids is 1. The lowest BCUT2D eigenvalue weighted by Crippen LogP contribution is -2.29. The van der Waals surface area contributed by atoms with Crippen LogP contribution >= 0.6 is 0 Å². The maximum Gasteiger partial charge on any atom is 0.303 e. The number of amides is 1. The number of aromatic nitrogens is 1. The summed E-state index contributed by atoms with van der Waals surface area (Å²) in [5.74, 6) is -1.16. The molecule has 0 unspecified atom stereocenters. The molecule has 0 saturated carbocycles. The first-order chi connectivity index (χ1) is 9.11. The second kappa shape index (κ2) is 8.07. The molecular weight excluding hydrogens is 248 g/mol. The number of aromatic amines is 1. The van der Waals surface area contributed by atoms with Gasteiger partial charge < -0.3 is 15.4 Å². The van der Waals surface area contributed by atoms with Gasteiger partial charge in [0.15, 0.2) is 5.43 Å². The van der Waals surface area contributed by atoms with Crippen LogP contribution in [0.5, 0.6) is 0 Å². The maximum absolute atomic E-state index is 11.6. The van der Waals surface area contributed by atoms with Gasteiger partial charge in [0.1, 0.15) is 5.56 Å². The summed E-state index contributed by atoms with van der Waals surface area (Å²) < 4.78 is 0. The number of carboxylic acids is 1. The van der Waals surface area contributed by atoms with E-state index >= 15 is 0 Å². The van der Waals surface area contributed by atoms with Crippen molar-refractivity contribution in [2.45, 2.75) is 32.1 Å². The molecule has 0 radical (unpaired) electrons. The molecule has 1 amide bonds. The van der Waals surface area contributed by atoms with E-state index in [1.54, 1.807) is 0 Å². The molecule has 104 valence electrons. The Hall–Kier alpha value is -2.11. The van der Waals surface area contributed by atoms with Crippen molar-refractivity contribution in [3.05, 3.63) is 34.2 Å². The molecular formula is C13H18N2O4. The highest BCUT2D eigenvalue weighted by atomic mass is 16.4. The van der Waals surface area contributed by atoms with Crippen LogP contribution in [0.25, 0.3) is 0 Å². The fourth-order valence-electron chi connectivity index (χ4n) is 1.65. The number of hydrogen-bond acceptors (Lipinski definition) is 3. The van der Waals surface area contributed by atoms with E-state index < -0.39 is 5.97 Å². The van der Waals surface area contributed by atoms with Crippen molar-refractivity contribution in [3.63, 3.8) is 0 Å². The van der Waals surface area contributed by atoms with Crippen LogP contribution in [-0.2, 0) is 4.79 Å². The zero-order chi connectivity index (χ0) is 14.1. The molecule has 0 atom stereocenters. The molecule has 0 spiro atoms. The zero-order valence-corrected chi connectivity index (χ0v) is 10.6. The third-order valence-corrected chi connectivity index (χ3v) is 2.67. The largest absolute Gasteiger partial charge is 0.481 e. The van der Waals surface area contributed by atoms with Crippen LogP contribution in [0.3, 0.4) is 0 Å². The van der Waals surface area contributed by atoms with Gasteiger partial charge in [0.25, 0.3) is 5.91 Å². The van der Waals surface area contributed by atoms with Crippen molar-refractivity contribution >= 4 is 11.9 Å². The van der Waals surface area contributed by atoms with Gasteiger partial charge in [-0.15, -0.1) is 0 Å². The first-order valence-electron chi connectivity index (χ1n) is 6.28. The van der Waals surface area contributed by atoms with Gasteiger partial charge in [-0.25, -0.2) is 0 Å². The predicted molar refractivity (Wildman–Crippen MR) is 70.1 cm³/mol. The molecule has 0 fully saturated rings. The number of nitrogens with one attached hydrogen (secondary N) is 2. The van der Waals surface area contributed by atoms with Gasteiger partial charge in [-0.05, 0) is 12.8 Å². The van der Waals surface area contributed by atoms with Crippen molar-refractivity contribution < 1.29 is 14.7 Å². The van der Waals surface area contributed by atoms with E-state index in [2.05, 4.69) is 10.3 Å². The minimum absolute atomic E-state index is 0.105. The fraction of sp³-hybridized carbons (Fsp3) is 0.462. The number of unbranched alkanes of at least 4 members (excludes halogenated alkanes) is 3. The van der Waals surface area contributed by atoms with Crippen molar-refractivity contribution in [2.75, 3.05) is 6.54 Å². The summed E-state index contributed by atoms with van der Waals surface area (Å²) in [4.78, 5) is 36.0. The van der Waals surface area contributed by atoms with Crippen LogP contribution in [0.2, 0.25) is 0 Å². The molecule has 3 N–H and O–H groups in total. The molecule has 0 aromatic carbocycles. The number of carboxylic acid groups (broad SMARTS) is 1. The maximum atomic E-state index is 11.6. The van der Waals surface area contributed by atoms with E-state index in [1.807, 2.05) is 0 Å². The Balaban J connectivity index is 2.16. The lowest BCUT2D eigenvalue weighted by molar-refractivity contribution is -0.137. The SMILES string of the molecule is O=C(O)CCCCCCNC(=O)c1c[nH]ccc1=O. The summed E-state index contributed by atoms with van der Waals surface area (Å²) >= 11 is 0. The van der Waals surface area contributed by atoms with Crippen molar-refractivity contribution in [2.24, 2.45) is 0 Å². The normalized spacial score (nSPS) is 10.1. The zero-order valence-electron chi connectivity index (χ0n) is 10.6. The van der Waals surface area contributed by atoms with Crippen LogP contribution in [-0.4, -0.2) is 28.5 Å². The van der Waals surface area contributed by atoms with E-state index in [0.29, 0.717) is 13.0 Å². The Morgan fingerprint density at radius 3 is 2.63 bits per heavy atom. The monoisotopic (exact) mass is 266 g/mol. The molecule has 6 nitrogen and oxygen atoms in total. The molecule has 19 heavy (non-hydrogen) atoms. The minimum atomic E-state index is -0.781. The molecule has 0 aliphatic rings. The molecule has 0 aliphatic heterocycles. The van der Waals surface area contributed by atoms with E-state index in [1.165, 1.54) is 18.5 Å². The lowest BCUT2D eigenvalue weighted by atomic mass is 10.1. The summed E-state index contributed by atoms with van der Waals surface area (Å²) in [6.45, 7) is 0.486. The highest BCUT2D eigenvalue weighted by Crippen LogP contribution is 2.02. The minimum Gasteiger partial charge on any atom is -0.481 e. The predicted octanol–water partition coefficient (Wildman–Crippen LogP) is 1.14. The van der Waals surface area contributed by atoms with E-state index in [4.69, 9.17) is 5.11 Å². The Labute approximate surface area is 110 Å². The molecule has 1 aromatic rings. The first-order valence-corrected chi connectivity index (χ1v) is 6.28. The van der Waals surface area contributed by atoms with Crippen molar-refractivity contribution in [1.29, 1.82) is 0 Å². The number of pyridine rings is 1. The summed E-state index contributed by atoms with van der Waals surface area (Å²) in [5, 5.41) is 11.1. The number of carbonyl (C=O) groups is 2. The van der Waals surface area contributed by atoms with Crippen LogP contribution in [0, 0.1) is 0 Å². The molecule has 0 saturated heterocycles. The molecule has 0 bridgehead atoms. The van der Waals surface area contributed by atoms with Gasteiger partial charge in [-0.1, -0.05) is 12.8 Å². The summed E-state index contributed by atoms with van der Waals surface area (Å²) in [5.41, 5.74) is -0.203. The number of rotatable bonds is 8. The molecule has 1 heterocycles. The molecule has 6 heteroatoms. The molecule has 1 rings (SSSR count). The molecule has 0 aliphatic carbocycles. The summed E-state index contributed by atoms with van der Waals surface area (Å²) in [6.07, 6.45) is 6.16. The number of carbonyl (C=O) groups excluding carboxylic acids is 1. The Morgan fingerprint density at radius 2 is 1.95 bits per heavy atom. The number of H-pyrrole nitrogens is 1. The van der Waals surface area contributed by atoms with E-state index in [0.717, 1.165) is 19.3 Å². The lowest BCUT2D eigenvalue weighted by Gasteiger charge is -2.04. The summed E-state index contributed by atoms with van der Waals surface area (Å²) in [6, 6.07) is 1.31. The highest BCUT2D eigenvalue weighted by Gasteiger charge is 2.07. The quantitative estimate of drug-likeness (QED) is 0.614. The average Bonchev–Trinajstić information content (AvgIpc) is 2.37. The second-order valence-corrected chi connectivity index (χ2v) is 4.24.